The number of oxazole rings is 1. The summed E-state index contributed by atoms with van der Waals surface area (Å²) in [4.78, 5) is 4.31. The minimum absolute atomic E-state index is 0.266. The van der Waals surface area contributed by atoms with Crippen molar-refractivity contribution in [1.29, 1.82) is 0 Å². The molecule has 0 amide bonds. The fraction of sp³-hybridized carbons (Fsp3) is 0.462. The second-order valence-corrected chi connectivity index (χ2v) is 4.62. The van der Waals surface area contributed by atoms with Crippen molar-refractivity contribution in [3.05, 3.63) is 29.9 Å². The summed E-state index contributed by atoms with van der Waals surface area (Å²) < 4.78 is 18.6. The Labute approximate surface area is 99.0 Å². The number of aryl methyl sites for hydroxylation is 1. The maximum Gasteiger partial charge on any atom is 0.195 e. The van der Waals surface area contributed by atoms with E-state index >= 15 is 0 Å². The van der Waals surface area contributed by atoms with Crippen LogP contribution in [-0.4, -0.2) is 18.1 Å². The highest BCUT2D eigenvalue weighted by molar-refractivity contribution is 5.72. The van der Waals surface area contributed by atoms with Crippen LogP contribution >= 0.6 is 0 Å². The highest BCUT2D eigenvalue weighted by Crippen LogP contribution is 2.20. The fourth-order valence-corrected chi connectivity index (χ4v) is 2.34. The lowest BCUT2D eigenvalue weighted by Gasteiger charge is -2.04. The van der Waals surface area contributed by atoms with E-state index in [0.717, 1.165) is 37.7 Å². The van der Waals surface area contributed by atoms with Gasteiger partial charge in [-0.05, 0) is 44.0 Å². The van der Waals surface area contributed by atoms with Crippen LogP contribution in [0.4, 0.5) is 4.39 Å². The van der Waals surface area contributed by atoms with Crippen LogP contribution in [0.3, 0.4) is 0 Å². The predicted molar refractivity (Wildman–Crippen MR) is 63.3 cm³/mol. The van der Waals surface area contributed by atoms with Crippen LogP contribution in [-0.2, 0) is 6.42 Å². The number of nitrogens with zero attached hydrogens (tertiary/aromatic N) is 1. The van der Waals surface area contributed by atoms with Crippen LogP contribution in [0.25, 0.3) is 11.1 Å². The summed E-state index contributed by atoms with van der Waals surface area (Å²) in [6, 6.07) is 4.45. The average molecular weight is 234 g/mol. The first-order valence-corrected chi connectivity index (χ1v) is 6.07. The van der Waals surface area contributed by atoms with E-state index in [4.69, 9.17) is 4.42 Å². The molecule has 0 bridgehead atoms. The van der Waals surface area contributed by atoms with E-state index in [2.05, 4.69) is 10.3 Å². The molecule has 1 aromatic carbocycles. The van der Waals surface area contributed by atoms with Crippen LogP contribution in [0.1, 0.15) is 18.7 Å². The molecular formula is C13H15FN2O. The van der Waals surface area contributed by atoms with Crippen LogP contribution in [0.5, 0.6) is 0 Å². The first-order valence-electron chi connectivity index (χ1n) is 6.07. The minimum atomic E-state index is -0.266. The molecule has 1 aliphatic heterocycles. The lowest BCUT2D eigenvalue weighted by Crippen LogP contribution is -2.09. The topological polar surface area (TPSA) is 38.1 Å². The molecule has 17 heavy (non-hydrogen) atoms. The van der Waals surface area contributed by atoms with Gasteiger partial charge in [-0.1, -0.05) is 0 Å². The van der Waals surface area contributed by atoms with E-state index in [-0.39, 0.29) is 5.82 Å². The van der Waals surface area contributed by atoms with Gasteiger partial charge in [0.05, 0.1) is 0 Å². The van der Waals surface area contributed by atoms with Gasteiger partial charge in [-0.3, -0.25) is 0 Å². The predicted octanol–water partition coefficient (Wildman–Crippen LogP) is 2.51. The maximum atomic E-state index is 13.0. The molecule has 2 heterocycles. The van der Waals surface area contributed by atoms with E-state index in [1.165, 1.54) is 18.6 Å². The van der Waals surface area contributed by atoms with Crippen LogP contribution in [0.15, 0.2) is 22.6 Å². The maximum absolute atomic E-state index is 13.0. The van der Waals surface area contributed by atoms with Crippen molar-refractivity contribution in [1.82, 2.24) is 10.3 Å². The molecule has 3 nitrogen and oxygen atoms in total. The molecule has 0 saturated carbocycles. The Morgan fingerprint density at radius 1 is 1.47 bits per heavy atom. The summed E-state index contributed by atoms with van der Waals surface area (Å²) in [6.45, 7) is 2.21. The Bertz CT molecular complexity index is 517. The first-order chi connectivity index (χ1) is 8.31. The third kappa shape index (κ3) is 2.31. The van der Waals surface area contributed by atoms with Crippen LogP contribution in [0.2, 0.25) is 0 Å². The number of nitrogens with one attached hydrogen (secondary N) is 1. The first kappa shape index (κ1) is 10.7. The average Bonchev–Trinajstić information content (AvgIpc) is 2.94. The van der Waals surface area contributed by atoms with Gasteiger partial charge in [0.25, 0.3) is 0 Å². The Kier molecular flexibility index (Phi) is 2.81. The summed E-state index contributed by atoms with van der Waals surface area (Å²) in [5, 5.41) is 3.34. The lowest BCUT2D eigenvalue weighted by molar-refractivity contribution is 0.466. The molecule has 0 aliphatic carbocycles. The zero-order valence-corrected chi connectivity index (χ0v) is 9.58. The Hall–Kier alpha value is -1.42. The van der Waals surface area contributed by atoms with Gasteiger partial charge < -0.3 is 9.73 Å². The highest BCUT2D eigenvalue weighted by Gasteiger charge is 2.15. The van der Waals surface area contributed by atoms with E-state index < -0.39 is 0 Å². The number of benzene rings is 1. The van der Waals surface area contributed by atoms with Crippen molar-refractivity contribution in [2.24, 2.45) is 5.92 Å². The van der Waals surface area contributed by atoms with E-state index in [1.54, 1.807) is 6.07 Å². The Morgan fingerprint density at radius 2 is 2.41 bits per heavy atom. The highest BCUT2D eigenvalue weighted by atomic mass is 19.1. The van der Waals surface area contributed by atoms with Crippen molar-refractivity contribution in [2.45, 2.75) is 19.3 Å². The molecule has 1 aromatic heterocycles. The number of hydrogen-bond donors (Lipinski definition) is 1. The monoisotopic (exact) mass is 234 g/mol. The molecule has 0 radical (unpaired) electrons. The van der Waals surface area contributed by atoms with Gasteiger partial charge >= 0.3 is 0 Å². The standard InChI is InChI=1S/C13H15FN2O/c14-10-2-3-12-11(7-10)16-13(17-12)4-1-9-5-6-15-8-9/h2-3,7,9,15H,1,4-6,8H2. The van der Waals surface area contributed by atoms with Crippen molar-refractivity contribution in [3.63, 3.8) is 0 Å². The van der Waals surface area contributed by atoms with E-state index in [9.17, 15) is 4.39 Å². The molecule has 90 valence electrons. The minimum Gasteiger partial charge on any atom is -0.441 e. The Morgan fingerprint density at radius 3 is 3.24 bits per heavy atom. The Balaban J connectivity index is 1.72. The molecule has 4 heteroatoms. The molecule has 1 atom stereocenters. The molecule has 1 aliphatic rings. The molecule has 2 aromatic rings. The molecule has 1 saturated heterocycles. The fourth-order valence-electron chi connectivity index (χ4n) is 2.34. The van der Waals surface area contributed by atoms with Crippen molar-refractivity contribution in [3.8, 4) is 0 Å². The van der Waals surface area contributed by atoms with E-state index in [1.807, 2.05) is 0 Å². The van der Waals surface area contributed by atoms with Gasteiger partial charge in [-0.25, -0.2) is 9.37 Å². The molecule has 1 N–H and O–H groups in total. The number of rotatable bonds is 3. The number of aromatic nitrogens is 1. The quantitative estimate of drug-likeness (QED) is 0.886. The van der Waals surface area contributed by atoms with Gasteiger partial charge in [0.1, 0.15) is 11.3 Å². The molecule has 1 unspecified atom stereocenters. The SMILES string of the molecule is Fc1ccc2oc(CCC3CCNC3)nc2c1. The summed E-state index contributed by atoms with van der Waals surface area (Å²) in [6.07, 6.45) is 3.15. The largest absolute Gasteiger partial charge is 0.441 e. The third-order valence-electron chi connectivity index (χ3n) is 3.32. The lowest BCUT2D eigenvalue weighted by atomic mass is 10.0. The van der Waals surface area contributed by atoms with E-state index in [0.29, 0.717) is 11.1 Å². The van der Waals surface area contributed by atoms with Crippen molar-refractivity contribution in [2.75, 3.05) is 13.1 Å². The number of fused-ring (bicyclic) bond motifs is 1. The summed E-state index contributed by atoms with van der Waals surface area (Å²) >= 11 is 0. The second-order valence-electron chi connectivity index (χ2n) is 4.62. The summed E-state index contributed by atoms with van der Waals surface area (Å²) in [5.41, 5.74) is 1.29. The van der Waals surface area contributed by atoms with Gasteiger partial charge in [-0.2, -0.15) is 0 Å². The molecule has 3 rings (SSSR count). The molecule has 0 spiro atoms. The zero-order valence-electron chi connectivity index (χ0n) is 9.58. The zero-order chi connectivity index (χ0) is 11.7. The summed E-state index contributed by atoms with van der Waals surface area (Å²) in [5.74, 6) is 1.18. The third-order valence-corrected chi connectivity index (χ3v) is 3.32. The normalized spacial score (nSPS) is 20.2. The molecule has 1 fully saturated rings. The summed E-state index contributed by atoms with van der Waals surface area (Å²) in [7, 11) is 0. The second kappa shape index (κ2) is 4.45. The smallest absolute Gasteiger partial charge is 0.195 e. The number of halogens is 1. The van der Waals surface area contributed by atoms with Crippen LogP contribution in [0, 0.1) is 11.7 Å². The van der Waals surface area contributed by atoms with Gasteiger partial charge in [0, 0.05) is 12.5 Å². The van der Waals surface area contributed by atoms with Gasteiger partial charge in [-0.15, -0.1) is 0 Å². The van der Waals surface area contributed by atoms with Crippen LogP contribution < -0.4 is 5.32 Å². The van der Waals surface area contributed by atoms with Crippen molar-refractivity contribution >= 4 is 11.1 Å². The van der Waals surface area contributed by atoms with Gasteiger partial charge in [0.15, 0.2) is 11.5 Å². The van der Waals surface area contributed by atoms with Gasteiger partial charge in [0.2, 0.25) is 0 Å². The molecular weight excluding hydrogens is 219 g/mol. The number of hydrogen-bond acceptors (Lipinski definition) is 3. The van der Waals surface area contributed by atoms with Crippen molar-refractivity contribution < 1.29 is 8.81 Å².